The van der Waals surface area contributed by atoms with Crippen LogP contribution in [0.15, 0.2) is 30.3 Å². The fourth-order valence-electron chi connectivity index (χ4n) is 2.35. The number of carbonyl (C=O) groups excluding carboxylic acids is 3. The molecular formula is C17H21NO5. The summed E-state index contributed by atoms with van der Waals surface area (Å²) in [5.41, 5.74) is 0.494. The topological polar surface area (TPSA) is 81.7 Å². The van der Waals surface area contributed by atoms with Crippen molar-refractivity contribution in [2.45, 2.75) is 25.8 Å². The van der Waals surface area contributed by atoms with Crippen LogP contribution < -0.4 is 5.32 Å². The second-order valence-electron chi connectivity index (χ2n) is 5.67. The molecule has 1 heterocycles. The maximum atomic E-state index is 11.8. The van der Waals surface area contributed by atoms with Gasteiger partial charge in [0.25, 0.3) is 0 Å². The standard InChI is InChI=1S/C17H21NO5/c1-12-9-14(18-10-12)17(21)22-8-7-16(20)23-11-15(19)13-5-3-2-4-6-13/h2-6,12,14,18H,7-11H2,1H3. The molecule has 1 aromatic carbocycles. The zero-order valence-corrected chi connectivity index (χ0v) is 13.1. The summed E-state index contributed by atoms with van der Waals surface area (Å²) in [6.07, 6.45) is 0.685. The summed E-state index contributed by atoms with van der Waals surface area (Å²) in [7, 11) is 0. The van der Waals surface area contributed by atoms with Crippen molar-refractivity contribution in [3.05, 3.63) is 35.9 Å². The lowest BCUT2D eigenvalue weighted by molar-refractivity contribution is -0.150. The van der Waals surface area contributed by atoms with Gasteiger partial charge in [-0.1, -0.05) is 37.3 Å². The fraction of sp³-hybridized carbons (Fsp3) is 0.471. The van der Waals surface area contributed by atoms with Crippen LogP contribution in [0.4, 0.5) is 0 Å². The minimum Gasteiger partial charge on any atom is -0.464 e. The Labute approximate surface area is 135 Å². The Morgan fingerprint density at radius 2 is 1.91 bits per heavy atom. The molecule has 0 aliphatic carbocycles. The van der Waals surface area contributed by atoms with Crippen molar-refractivity contribution in [1.29, 1.82) is 0 Å². The average Bonchev–Trinajstić information content (AvgIpc) is 3.00. The molecule has 1 saturated heterocycles. The molecule has 0 aromatic heterocycles. The number of ether oxygens (including phenoxy) is 2. The molecule has 1 aliphatic rings. The zero-order valence-electron chi connectivity index (χ0n) is 13.1. The van der Waals surface area contributed by atoms with E-state index in [1.54, 1.807) is 30.3 Å². The summed E-state index contributed by atoms with van der Waals surface area (Å²) in [5.74, 6) is -0.723. The minimum atomic E-state index is -0.560. The molecule has 1 fully saturated rings. The summed E-state index contributed by atoms with van der Waals surface area (Å²) in [4.78, 5) is 35.0. The van der Waals surface area contributed by atoms with E-state index in [2.05, 4.69) is 12.2 Å². The highest BCUT2D eigenvalue weighted by molar-refractivity contribution is 5.97. The molecule has 1 aliphatic heterocycles. The minimum absolute atomic E-state index is 0.0379. The predicted octanol–water partition coefficient (Wildman–Crippen LogP) is 1.34. The van der Waals surface area contributed by atoms with Crippen LogP contribution in [0.1, 0.15) is 30.1 Å². The van der Waals surface area contributed by atoms with Gasteiger partial charge in [-0.3, -0.25) is 14.4 Å². The van der Waals surface area contributed by atoms with E-state index in [0.29, 0.717) is 11.5 Å². The maximum absolute atomic E-state index is 11.8. The van der Waals surface area contributed by atoms with Crippen LogP contribution in [-0.4, -0.2) is 43.5 Å². The first-order valence-electron chi connectivity index (χ1n) is 7.70. The lowest BCUT2D eigenvalue weighted by Crippen LogP contribution is -2.32. The maximum Gasteiger partial charge on any atom is 0.323 e. The van der Waals surface area contributed by atoms with Crippen molar-refractivity contribution in [1.82, 2.24) is 5.32 Å². The molecule has 1 aromatic rings. The smallest absolute Gasteiger partial charge is 0.323 e. The molecule has 124 valence electrons. The summed E-state index contributed by atoms with van der Waals surface area (Å²) in [6.45, 7) is 2.51. The highest BCUT2D eigenvalue weighted by atomic mass is 16.5. The van der Waals surface area contributed by atoms with E-state index in [1.165, 1.54) is 0 Å². The third kappa shape index (κ3) is 5.49. The van der Waals surface area contributed by atoms with Gasteiger partial charge in [-0.15, -0.1) is 0 Å². The number of hydrogen-bond acceptors (Lipinski definition) is 6. The van der Waals surface area contributed by atoms with E-state index in [4.69, 9.17) is 9.47 Å². The van der Waals surface area contributed by atoms with Crippen LogP contribution in [0.25, 0.3) is 0 Å². The lowest BCUT2D eigenvalue weighted by Gasteiger charge is -2.10. The number of nitrogens with one attached hydrogen (secondary N) is 1. The van der Waals surface area contributed by atoms with Gasteiger partial charge in [0.15, 0.2) is 12.4 Å². The molecule has 23 heavy (non-hydrogen) atoms. The van der Waals surface area contributed by atoms with Gasteiger partial charge in [-0.05, 0) is 18.9 Å². The van der Waals surface area contributed by atoms with Crippen molar-refractivity contribution in [2.24, 2.45) is 5.92 Å². The SMILES string of the molecule is CC1CNC(C(=O)OCCC(=O)OCC(=O)c2ccccc2)C1. The van der Waals surface area contributed by atoms with Gasteiger partial charge in [-0.2, -0.15) is 0 Å². The first kappa shape index (κ1) is 17.1. The van der Waals surface area contributed by atoms with E-state index in [0.717, 1.165) is 13.0 Å². The number of ketones is 1. The van der Waals surface area contributed by atoms with Gasteiger partial charge < -0.3 is 14.8 Å². The number of hydrogen-bond donors (Lipinski definition) is 1. The summed E-state index contributed by atoms with van der Waals surface area (Å²) < 4.78 is 9.94. The summed E-state index contributed by atoms with van der Waals surface area (Å²) >= 11 is 0. The first-order valence-corrected chi connectivity index (χ1v) is 7.70. The van der Waals surface area contributed by atoms with Crippen molar-refractivity contribution < 1.29 is 23.9 Å². The molecule has 0 radical (unpaired) electrons. The molecule has 2 unspecified atom stereocenters. The lowest BCUT2D eigenvalue weighted by atomic mass is 10.1. The van der Waals surface area contributed by atoms with Crippen molar-refractivity contribution in [2.75, 3.05) is 19.8 Å². The van der Waals surface area contributed by atoms with Crippen LogP contribution in [0.3, 0.4) is 0 Å². The third-order valence-corrected chi connectivity index (χ3v) is 3.65. The Balaban J connectivity index is 1.62. The Morgan fingerprint density at radius 3 is 2.57 bits per heavy atom. The van der Waals surface area contributed by atoms with Crippen LogP contribution in [0, 0.1) is 5.92 Å². The highest BCUT2D eigenvalue weighted by Crippen LogP contribution is 2.13. The van der Waals surface area contributed by atoms with E-state index in [9.17, 15) is 14.4 Å². The molecule has 0 saturated carbocycles. The Hall–Kier alpha value is -2.21. The fourth-order valence-corrected chi connectivity index (χ4v) is 2.35. The van der Waals surface area contributed by atoms with Crippen LogP contribution >= 0.6 is 0 Å². The number of carbonyl (C=O) groups is 3. The van der Waals surface area contributed by atoms with Crippen molar-refractivity contribution in [3.63, 3.8) is 0 Å². The van der Waals surface area contributed by atoms with Crippen LogP contribution in [-0.2, 0) is 19.1 Å². The van der Waals surface area contributed by atoms with Crippen molar-refractivity contribution >= 4 is 17.7 Å². The summed E-state index contributed by atoms with van der Waals surface area (Å²) in [6, 6.07) is 8.32. The van der Waals surface area contributed by atoms with E-state index >= 15 is 0 Å². The van der Waals surface area contributed by atoms with E-state index in [-0.39, 0.29) is 37.4 Å². The van der Waals surface area contributed by atoms with Crippen LogP contribution in [0.2, 0.25) is 0 Å². The first-order chi connectivity index (χ1) is 11.1. The average molecular weight is 319 g/mol. The van der Waals surface area contributed by atoms with Gasteiger partial charge >= 0.3 is 11.9 Å². The molecule has 0 amide bonds. The van der Waals surface area contributed by atoms with Gasteiger partial charge in [0.1, 0.15) is 12.6 Å². The molecule has 6 nitrogen and oxygen atoms in total. The van der Waals surface area contributed by atoms with Crippen molar-refractivity contribution in [3.8, 4) is 0 Å². The highest BCUT2D eigenvalue weighted by Gasteiger charge is 2.28. The molecule has 6 heteroatoms. The number of Topliss-reactive ketones (excluding diaryl/α,β-unsaturated/α-hetero) is 1. The predicted molar refractivity (Wildman–Crippen MR) is 82.9 cm³/mol. The number of esters is 2. The molecule has 1 N–H and O–H groups in total. The Bertz CT molecular complexity index is 557. The number of benzene rings is 1. The largest absolute Gasteiger partial charge is 0.464 e. The van der Waals surface area contributed by atoms with Gasteiger partial charge in [-0.25, -0.2) is 0 Å². The van der Waals surface area contributed by atoms with E-state index in [1.807, 2.05) is 0 Å². The molecule has 2 atom stereocenters. The van der Waals surface area contributed by atoms with E-state index < -0.39 is 5.97 Å². The second-order valence-corrected chi connectivity index (χ2v) is 5.67. The molecule has 0 bridgehead atoms. The molecular weight excluding hydrogens is 298 g/mol. The number of rotatable bonds is 7. The zero-order chi connectivity index (χ0) is 16.7. The van der Waals surface area contributed by atoms with Gasteiger partial charge in [0.05, 0.1) is 6.42 Å². The van der Waals surface area contributed by atoms with Gasteiger partial charge in [0, 0.05) is 5.56 Å². The van der Waals surface area contributed by atoms with Crippen LogP contribution in [0.5, 0.6) is 0 Å². The monoisotopic (exact) mass is 319 g/mol. The third-order valence-electron chi connectivity index (χ3n) is 3.65. The Morgan fingerprint density at radius 1 is 1.17 bits per heavy atom. The Kier molecular flexibility index (Phi) is 6.29. The summed E-state index contributed by atoms with van der Waals surface area (Å²) in [5, 5.41) is 3.07. The molecule has 2 rings (SSSR count). The van der Waals surface area contributed by atoms with Gasteiger partial charge in [0.2, 0.25) is 0 Å². The normalized spacial score (nSPS) is 20.0. The quantitative estimate of drug-likeness (QED) is 0.603. The second kappa shape index (κ2) is 8.43. The molecule has 0 spiro atoms.